The van der Waals surface area contributed by atoms with Crippen LogP contribution in [0.4, 0.5) is 14.5 Å². The van der Waals surface area contributed by atoms with Crippen LogP contribution in [-0.4, -0.2) is 16.3 Å². The number of nitrogens with zero attached hydrogens (tertiary/aromatic N) is 2. The van der Waals surface area contributed by atoms with Crippen molar-refractivity contribution in [3.05, 3.63) is 51.8 Å². The average molecular weight is 338 g/mol. The van der Waals surface area contributed by atoms with E-state index in [0.29, 0.717) is 0 Å². The largest absolute Gasteiger partial charge is 0.328 e. The predicted molar refractivity (Wildman–Crippen MR) is 79.5 cm³/mol. The molecular formula is C15H10ClF2N3O2. The van der Waals surface area contributed by atoms with Crippen LogP contribution in [0.15, 0.2) is 18.2 Å². The molecule has 0 saturated heterocycles. The fourth-order valence-electron chi connectivity index (χ4n) is 2.05. The Kier molecular flexibility index (Phi) is 4.48. The lowest BCUT2D eigenvalue weighted by atomic mass is 10.2. The summed E-state index contributed by atoms with van der Waals surface area (Å²) in [7, 11) is 1.33. The van der Waals surface area contributed by atoms with Gasteiger partial charge in [0.05, 0.1) is 11.1 Å². The van der Waals surface area contributed by atoms with Gasteiger partial charge >= 0.3 is 0 Å². The first-order valence-electron chi connectivity index (χ1n) is 6.33. The molecule has 1 heterocycles. The number of hydrogen-bond donors (Lipinski definition) is 1. The van der Waals surface area contributed by atoms with Crippen LogP contribution in [0.1, 0.15) is 33.3 Å². The number of nitriles is 1. The molecule has 0 aliphatic rings. The van der Waals surface area contributed by atoms with Crippen LogP contribution in [0.2, 0.25) is 5.15 Å². The van der Waals surface area contributed by atoms with Crippen LogP contribution < -0.4 is 5.32 Å². The van der Waals surface area contributed by atoms with Gasteiger partial charge in [-0.15, -0.1) is 0 Å². The van der Waals surface area contributed by atoms with Crippen LogP contribution in [0, 0.1) is 23.0 Å². The van der Waals surface area contributed by atoms with E-state index in [4.69, 9.17) is 16.9 Å². The normalized spacial score (nSPS) is 10.3. The second-order valence-corrected chi connectivity index (χ2v) is 5.06. The number of nitrogens with one attached hydrogen (secondary N) is 1. The highest BCUT2D eigenvalue weighted by molar-refractivity contribution is 6.33. The summed E-state index contributed by atoms with van der Waals surface area (Å²) in [6.45, 7) is 1.13. The zero-order chi connectivity index (χ0) is 17.3. The van der Waals surface area contributed by atoms with Crippen molar-refractivity contribution < 1.29 is 18.4 Å². The summed E-state index contributed by atoms with van der Waals surface area (Å²) in [5.74, 6) is -3.27. The minimum absolute atomic E-state index is 0.106. The zero-order valence-corrected chi connectivity index (χ0v) is 12.8. The van der Waals surface area contributed by atoms with Gasteiger partial charge in [0.15, 0.2) is 11.6 Å². The number of carbonyl (C=O) groups excluding carboxylic acids is 2. The van der Waals surface area contributed by atoms with E-state index < -0.39 is 29.0 Å². The zero-order valence-electron chi connectivity index (χ0n) is 12.1. The second kappa shape index (κ2) is 6.18. The molecule has 0 aliphatic heterocycles. The molecule has 118 valence electrons. The highest BCUT2D eigenvalue weighted by atomic mass is 35.5. The third-order valence-electron chi connectivity index (χ3n) is 3.18. The topological polar surface area (TPSA) is 74.9 Å². The highest BCUT2D eigenvalue weighted by Gasteiger charge is 2.27. The first kappa shape index (κ1) is 16.6. The Hall–Kier alpha value is -2.72. The summed E-state index contributed by atoms with van der Waals surface area (Å²) >= 11 is 5.86. The van der Waals surface area contributed by atoms with Gasteiger partial charge < -0.3 is 9.88 Å². The van der Waals surface area contributed by atoms with Crippen LogP contribution in [0.25, 0.3) is 0 Å². The van der Waals surface area contributed by atoms with E-state index in [1.54, 1.807) is 6.07 Å². The molecule has 0 bridgehead atoms. The van der Waals surface area contributed by atoms with Crippen molar-refractivity contribution in [2.24, 2.45) is 7.05 Å². The molecule has 2 rings (SSSR count). The van der Waals surface area contributed by atoms with Gasteiger partial charge in [-0.25, -0.2) is 8.78 Å². The highest BCUT2D eigenvalue weighted by Crippen LogP contribution is 2.26. The summed E-state index contributed by atoms with van der Waals surface area (Å²) in [4.78, 5) is 23.6. The summed E-state index contributed by atoms with van der Waals surface area (Å²) in [6.07, 6.45) is 0. The van der Waals surface area contributed by atoms with E-state index >= 15 is 0 Å². The van der Waals surface area contributed by atoms with Gasteiger partial charge in [-0.3, -0.25) is 9.59 Å². The molecule has 0 unspecified atom stereocenters. The Bertz CT molecular complexity index is 869. The Balaban J connectivity index is 2.41. The maximum absolute atomic E-state index is 14.3. The number of anilines is 1. The smallest absolute Gasteiger partial charge is 0.275 e. The molecule has 0 fully saturated rings. The van der Waals surface area contributed by atoms with E-state index in [2.05, 4.69) is 5.32 Å². The monoisotopic (exact) mass is 337 g/mol. The predicted octanol–water partition coefficient (Wildman–Crippen LogP) is 3.28. The summed E-state index contributed by atoms with van der Waals surface area (Å²) in [5.41, 5.74) is -0.981. The molecule has 1 N–H and O–H groups in total. The molecule has 5 nitrogen and oxygen atoms in total. The number of aromatic nitrogens is 1. The number of ketones is 1. The standard InChI is InChI=1S/C15H10ClF2N3O2/c1-7(22)11-12(18)13(21(2)14(11)16)15(23)20-9-3-4-10(17)8(5-9)6-19/h3-5H,1-2H3,(H,20,23). The fourth-order valence-corrected chi connectivity index (χ4v) is 2.35. The molecule has 0 aliphatic carbocycles. The van der Waals surface area contributed by atoms with Crippen LogP contribution in [0.5, 0.6) is 0 Å². The summed E-state index contributed by atoms with van der Waals surface area (Å²) < 4.78 is 28.6. The van der Waals surface area contributed by atoms with E-state index in [0.717, 1.165) is 23.6 Å². The van der Waals surface area contributed by atoms with Crippen LogP contribution in [0.3, 0.4) is 0 Å². The first-order valence-corrected chi connectivity index (χ1v) is 6.71. The molecular weight excluding hydrogens is 328 g/mol. The van der Waals surface area contributed by atoms with Gasteiger partial charge in [-0.1, -0.05) is 11.6 Å². The first-order chi connectivity index (χ1) is 10.8. The molecule has 1 aromatic carbocycles. The molecule has 0 atom stereocenters. The lowest BCUT2D eigenvalue weighted by Gasteiger charge is -2.07. The minimum Gasteiger partial charge on any atom is -0.328 e. The average Bonchev–Trinajstić information content (AvgIpc) is 2.71. The van der Waals surface area contributed by atoms with Gasteiger partial charge in [0.1, 0.15) is 22.7 Å². The summed E-state index contributed by atoms with van der Waals surface area (Å²) in [6, 6.07) is 4.97. The number of benzene rings is 1. The Morgan fingerprint density at radius 2 is 2.00 bits per heavy atom. The molecule has 23 heavy (non-hydrogen) atoms. The van der Waals surface area contributed by atoms with Crippen molar-refractivity contribution in [3.63, 3.8) is 0 Å². The molecule has 0 saturated carbocycles. The van der Waals surface area contributed by atoms with Crippen molar-refractivity contribution >= 4 is 29.0 Å². The maximum Gasteiger partial charge on any atom is 0.275 e. The lowest BCUT2D eigenvalue weighted by molar-refractivity contribution is 0.101. The van der Waals surface area contributed by atoms with Gasteiger partial charge in [-0.05, 0) is 25.1 Å². The van der Waals surface area contributed by atoms with Gasteiger partial charge in [0, 0.05) is 12.7 Å². The number of amides is 1. The minimum atomic E-state index is -1.04. The van der Waals surface area contributed by atoms with Crippen LogP contribution >= 0.6 is 11.6 Å². The van der Waals surface area contributed by atoms with Gasteiger partial charge in [0.25, 0.3) is 5.91 Å². The van der Waals surface area contributed by atoms with Gasteiger partial charge in [0.2, 0.25) is 0 Å². The molecule has 0 radical (unpaired) electrons. The van der Waals surface area contributed by atoms with Crippen molar-refractivity contribution in [2.45, 2.75) is 6.92 Å². The van der Waals surface area contributed by atoms with Crippen molar-refractivity contribution in [3.8, 4) is 6.07 Å². The molecule has 2 aromatic rings. The van der Waals surface area contributed by atoms with Crippen molar-refractivity contribution in [1.29, 1.82) is 5.26 Å². The maximum atomic E-state index is 14.3. The lowest BCUT2D eigenvalue weighted by Crippen LogP contribution is -2.17. The molecule has 0 spiro atoms. The number of rotatable bonds is 3. The molecule has 8 heteroatoms. The SMILES string of the molecule is CC(=O)c1c(F)c(C(=O)Nc2ccc(F)c(C#N)c2)n(C)c1Cl. The van der Waals surface area contributed by atoms with E-state index in [1.807, 2.05) is 0 Å². The third-order valence-corrected chi connectivity index (χ3v) is 3.62. The number of carbonyl (C=O) groups is 2. The Morgan fingerprint density at radius 1 is 1.35 bits per heavy atom. The Labute approximate surface area is 135 Å². The van der Waals surface area contributed by atoms with Gasteiger partial charge in [-0.2, -0.15) is 5.26 Å². The quantitative estimate of drug-likeness (QED) is 0.873. The van der Waals surface area contributed by atoms with Crippen molar-refractivity contribution in [2.75, 3.05) is 5.32 Å². The molecule has 1 amide bonds. The molecule has 1 aromatic heterocycles. The number of Topliss-reactive ketones (excluding diaryl/α,β-unsaturated/α-hetero) is 1. The Morgan fingerprint density at radius 3 is 2.52 bits per heavy atom. The number of halogens is 3. The number of hydrogen-bond acceptors (Lipinski definition) is 3. The second-order valence-electron chi connectivity index (χ2n) is 4.70. The van der Waals surface area contributed by atoms with Crippen LogP contribution in [-0.2, 0) is 7.05 Å². The van der Waals surface area contributed by atoms with Crippen molar-refractivity contribution in [1.82, 2.24) is 4.57 Å². The summed E-state index contributed by atoms with van der Waals surface area (Å²) in [5, 5.41) is 10.9. The fraction of sp³-hybridized carbons (Fsp3) is 0.133. The third kappa shape index (κ3) is 2.94. The van der Waals surface area contributed by atoms with E-state index in [1.165, 1.54) is 13.1 Å². The van der Waals surface area contributed by atoms with E-state index in [9.17, 15) is 18.4 Å². The van der Waals surface area contributed by atoms with E-state index in [-0.39, 0.29) is 22.0 Å².